The van der Waals surface area contributed by atoms with Crippen molar-refractivity contribution in [1.82, 2.24) is 9.78 Å². The minimum absolute atomic E-state index is 0.666. The van der Waals surface area contributed by atoms with Crippen LogP contribution in [0, 0.1) is 24.2 Å². The van der Waals surface area contributed by atoms with Gasteiger partial charge >= 0.3 is 0 Å². The standard InChI is InChI=1S/C13H18N4/c1-10-12(8-14)13(17(2)16-10)15-9-11-6-4-3-5-7-11/h3-4,11,15H,5-7,9H2,1-2H3. The first-order valence-corrected chi connectivity index (χ1v) is 6.05. The largest absolute Gasteiger partial charge is 0.369 e. The summed E-state index contributed by atoms with van der Waals surface area (Å²) in [6.07, 6.45) is 8.01. The number of hydrogen-bond acceptors (Lipinski definition) is 3. The van der Waals surface area contributed by atoms with Gasteiger partial charge in [-0.15, -0.1) is 0 Å². The third-order valence-corrected chi connectivity index (χ3v) is 3.27. The molecule has 0 aromatic carbocycles. The molecule has 0 spiro atoms. The Bertz CT molecular complexity index is 464. The van der Waals surface area contributed by atoms with Crippen LogP contribution in [-0.4, -0.2) is 16.3 Å². The zero-order chi connectivity index (χ0) is 12.3. The van der Waals surface area contributed by atoms with Crippen molar-refractivity contribution in [2.75, 3.05) is 11.9 Å². The fourth-order valence-electron chi connectivity index (χ4n) is 2.28. The predicted molar refractivity (Wildman–Crippen MR) is 67.6 cm³/mol. The summed E-state index contributed by atoms with van der Waals surface area (Å²) < 4.78 is 1.76. The first-order valence-electron chi connectivity index (χ1n) is 6.05. The van der Waals surface area contributed by atoms with E-state index in [2.05, 4.69) is 28.6 Å². The number of nitriles is 1. The number of nitrogens with zero attached hydrogens (tertiary/aromatic N) is 3. The summed E-state index contributed by atoms with van der Waals surface area (Å²) >= 11 is 0. The summed E-state index contributed by atoms with van der Waals surface area (Å²) in [7, 11) is 1.87. The van der Waals surface area contributed by atoms with E-state index in [0.717, 1.165) is 24.5 Å². The average Bonchev–Trinajstić information content (AvgIpc) is 2.62. The van der Waals surface area contributed by atoms with Gasteiger partial charge in [0.25, 0.3) is 0 Å². The number of rotatable bonds is 3. The van der Waals surface area contributed by atoms with Gasteiger partial charge in [0, 0.05) is 13.6 Å². The van der Waals surface area contributed by atoms with Crippen molar-refractivity contribution in [2.45, 2.75) is 26.2 Å². The van der Waals surface area contributed by atoms with E-state index in [4.69, 9.17) is 5.26 Å². The van der Waals surface area contributed by atoms with E-state index in [-0.39, 0.29) is 0 Å². The van der Waals surface area contributed by atoms with E-state index in [1.807, 2.05) is 14.0 Å². The summed E-state index contributed by atoms with van der Waals surface area (Å²) in [5.74, 6) is 1.52. The van der Waals surface area contributed by atoms with Crippen LogP contribution in [0.1, 0.15) is 30.5 Å². The van der Waals surface area contributed by atoms with E-state index in [9.17, 15) is 0 Å². The lowest BCUT2D eigenvalue weighted by Gasteiger charge is -2.18. The molecule has 1 aromatic heterocycles. The highest BCUT2D eigenvalue weighted by Crippen LogP contribution is 2.21. The first kappa shape index (κ1) is 11.7. The van der Waals surface area contributed by atoms with E-state index < -0.39 is 0 Å². The SMILES string of the molecule is Cc1nn(C)c(NCC2CC=CCC2)c1C#N. The minimum Gasteiger partial charge on any atom is -0.369 e. The van der Waals surface area contributed by atoms with E-state index in [1.54, 1.807) is 4.68 Å². The molecule has 0 fully saturated rings. The summed E-state index contributed by atoms with van der Waals surface area (Å²) in [5, 5.41) is 16.7. The van der Waals surface area contributed by atoms with Gasteiger partial charge in [-0.05, 0) is 32.1 Å². The minimum atomic E-state index is 0.666. The van der Waals surface area contributed by atoms with Gasteiger partial charge in [0.05, 0.1) is 5.69 Å². The maximum atomic E-state index is 9.10. The molecule has 0 amide bonds. The summed E-state index contributed by atoms with van der Waals surface area (Å²) in [5.41, 5.74) is 1.46. The van der Waals surface area contributed by atoms with Gasteiger partial charge in [-0.1, -0.05) is 12.2 Å². The molecule has 1 aromatic rings. The zero-order valence-corrected chi connectivity index (χ0v) is 10.4. The van der Waals surface area contributed by atoms with E-state index in [0.29, 0.717) is 11.5 Å². The molecule has 0 bridgehead atoms. The van der Waals surface area contributed by atoms with Crippen molar-refractivity contribution < 1.29 is 0 Å². The average molecular weight is 230 g/mol. The highest BCUT2D eigenvalue weighted by Gasteiger charge is 2.15. The van der Waals surface area contributed by atoms with Crippen LogP contribution in [-0.2, 0) is 7.05 Å². The fourth-order valence-corrected chi connectivity index (χ4v) is 2.28. The quantitative estimate of drug-likeness (QED) is 0.811. The van der Waals surface area contributed by atoms with Gasteiger partial charge in [0.15, 0.2) is 0 Å². The Balaban J connectivity index is 2.04. The van der Waals surface area contributed by atoms with Crippen LogP contribution in [0.3, 0.4) is 0 Å². The van der Waals surface area contributed by atoms with Crippen LogP contribution in [0.4, 0.5) is 5.82 Å². The third-order valence-electron chi connectivity index (χ3n) is 3.27. The molecule has 4 heteroatoms. The first-order chi connectivity index (χ1) is 8.22. The molecule has 17 heavy (non-hydrogen) atoms. The van der Waals surface area contributed by atoms with Crippen LogP contribution in [0.2, 0.25) is 0 Å². The molecule has 2 rings (SSSR count). The normalized spacial score (nSPS) is 19.0. The molecule has 1 N–H and O–H groups in total. The topological polar surface area (TPSA) is 53.6 Å². The number of aryl methyl sites for hydroxylation is 2. The van der Waals surface area contributed by atoms with Crippen LogP contribution in [0.15, 0.2) is 12.2 Å². The smallest absolute Gasteiger partial charge is 0.142 e. The lowest BCUT2D eigenvalue weighted by Crippen LogP contribution is -2.17. The summed E-state index contributed by atoms with van der Waals surface area (Å²) in [6, 6.07) is 2.21. The predicted octanol–water partition coefficient (Wildman–Crippen LogP) is 2.37. The highest BCUT2D eigenvalue weighted by atomic mass is 15.3. The fraction of sp³-hybridized carbons (Fsp3) is 0.538. The Hall–Kier alpha value is -1.76. The molecule has 0 saturated carbocycles. The van der Waals surface area contributed by atoms with Crippen molar-refractivity contribution in [1.29, 1.82) is 5.26 Å². The maximum Gasteiger partial charge on any atom is 0.142 e. The van der Waals surface area contributed by atoms with Gasteiger partial charge in [0.1, 0.15) is 17.5 Å². The zero-order valence-electron chi connectivity index (χ0n) is 10.4. The van der Waals surface area contributed by atoms with Crippen molar-refractivity contribution in [3.8, 4) is 6.07 Å². The number of aromatic nitrogens is 2. The highest BCUT2D eigenvalue weighted by molar-refractivity contribution is 5.54. The van der Waals surface area contributed by atoms with Gasteiger partial charge in [-0.3, -0.25) is 4.68 Å². The number of hydrogen-bond donors (Lipinski definition) is 1. The molecule has 4 nitrogen and oxygen atoms in total. The van der Waals surface area contributed by atoms with Crippen LogP contribution < -0.4 is 5.32 Å². The lowest BCUT2D eigenvalue weighted by atomic mass is 9.94. The number of nitrogens with one attached hydrogen (secondary N) is 1. The second kappa shape index (κ2) is 5.05. The molecular weight excluding hydrogens is 212 g/mol. The van der Waals surface area contributed by atoms with E-state index >= 15 is 0 Å². The van der Waals surface area contributed by atoms with Gasteiger partial charge in [0.2, 0.25) is 0 Å². The number of anilines is 1. The molecular formula is C13H18N4. The van der Waals surface area contributed by atoms with E-state index in [1.165, 1.54) is 12.8 Å². The monoisotopic (exact) mass is 230 g/mol. The van der Waals surface area contributed by atoms with Crippen molar-refractivity contribution in [3.05, 3.63) is 23.4 Å². The van der Waals surface area contributed by atoms with Crippen molar-refractivity contribution in [2.24, 2.45) is 13.0 Å². The second-order valence-corrected chi connectivity index (χ2v) is 4.58. The van der Waals surface area contributed by atoms with Crippen molar-refractivity contribution >= 4 is 5.82 Å². The van der Waals surface area contributed by atoms with Crippen LogP contribution in [0.25, 0.3) is 0 Å². The third kappa shape index (κ3) is 2.50. The Labute approximate surface area is 102 Å². The Kier molecular flexibility index (Phi) is 3.48. The van der Waals surface area contributed by atoms with Crippen molar-refractivity contribution in [3.63, 3.8) is 0 Å². The van der Waals surface area contributed by atoms with Gasteiger partial charge < -0.3 is 5.32 Å². The molecule has 1 atom stereocenters. The Morgan fingerprint density at radius 3 is 3.06 bits per heavy atom. The molecule has 90 valence electrons. The molecule has 0 aliphatic heterocycles. The second-order valence-electron chi connectivity index (χ2n) is 4.58. The number of allylic oxidation sites excluding steroid dienone is 2. The Morgan fingerprint density at radius 1 is 1.59 bits per heavy atom. The summed E-state index contributed by atoms with van der Waals surface area (Å²) in [4.78, 5) is 0. The van der Waals surface area contributed by atoms with Gasteiger partial charge in [-0.2, -0.15) is 10.4 Å². The molecule has 0 saturated heterocycles. The molecule has 1 aliphatic rings. The summed E-state index contributed by atoms with van der Waals surface area (Å²) in [6.45, 7) is 2.78. The maximum absolute atomic E-state index is 9.10. The van der Waals surface area contributed by atoms with Gasteiger partial charge in [-0.25, -0.2) is 0 Å². The molecule has 1 heterocycles. The lowest BCUT2D eigenvalue weighted by molar-refractivity contribution is 0.502. The molecule has 1 unspecified atom stereocenters. The van der Waals surface area contributed by atoms with Crippen LogP contribution in [0.5, 0.6) is 0 Å². The Morgan fingerprint density at radius 2 is 2.41 bits per heavy atom. The van der Waals surface area contributed by atoms with Crippen LogP contribution >= 0.6 is 0 Å². The molecule has 1 aliphatic carbocycles. The molecule has 0 radical (unpaired) electrons.